The zero-order valence-corrected chi connectivity index (χ0v) is 8.17. The molecular weight excluding hydrogens is 184 g/mol. The third-order valence-electron chi connectivity index (χ3n) is 2.22. The number of benzene rings is 1. The van der Waals surface area contributed by atoms with E-state index < -0.39 is 0 Å². The van der Waals surface area contributed by atoms with Crippen LogP contribution in [0.2, 0.25) is 5.02 Å². The SMILES string of the molecule is Cn1ccc2cc(CN)cc(Cl)c21. The predicted octanol–water partition coefficient (Wildman–Crippen LogP) is 2.29. The molecule has 13 heavy (non-hydrogen) atoms. The lowest BCUT2D eigenvalue weighted by Crippen LogP contribution is -1.96. The molecule has 0 saturated heterocycles. The number of hydrogen-bond donors (Lipinski definition) is 1. The molecule has 2 N–H and O–H groups in total. The normalized spacial score (nSPS) is 11.0. The van der Waals surface area contributed by atoms with Gasteiger partial charge in [0.2, 0.25) is 0 Å². The molecule has 3 heteroatoms. The summed E-state index contributed by atoms with van der Waals surface area (Å²) in [5.74, 6) is 0. The smallest absolute Gasteiger partial charge is 0.0667 e. The quantitative estimate of drug-likeness (QED) is 0.742. The highest BCUT2D eigenvalue weighted by atomic mass is 35.5. The van der Waals surface area contributed by atoms with Crippen molar-refractivity contribution in [1.29, 1.82) is 0 Å². The van der Waals surface area contributed by atoms with Crippen molar-refractivity contribution in [2.75, 3.05) is 0 Å². The molecule has 2 aromatic rings. The van der Waals surface area contributed by atoms with Crippen molar-refractivity contribution in [1.82, 2.24) is 4.57 Å². The van der Waals surface area contributed by atoms with Gasteiger partial charge in [0, 0.05) is 25.2 Å². The average Bonchev–Trinajstić information content (AvgIpc) is 2.48. The molecule has 0 aliphatic heterocycles. The van der Waals surface area contributed by atoms with Crippen LogP contribution < -0.4 is 5.73 Å². The molecule has 1 aromatic carbocycles. The van der Waals surface area contributed by atoms with E-state index in [0.29, 0.717) is 6.54 Å². The number of nitrogens with two attached hydrogens (primary N) is 1. The van der Waals surface area contributed by atoms with Gasteiger partial charge in [-0.1, -0.05) is 11.6 Å². The molecule has 1 aromatic heterocycles. The molecule has 0 radical (unpaired) electrons. The summed E-state index contributed by atoms with van der Waals surface area (Å²) in [7, 11) is 1.98. The molecule has 0 atom stereocenters. The van der Waals surface area contributed by atoms with E-state index in [2.05, 4.69) is 6.07 Å². The van der Waals surface area contributed by atoms with Gasteiger partial charge in [-0.15, -0.1) is 0 Å². The lowest BCUT2D eigenvalue weighted by atomic mass is 10.1. The Hall–Kier alpha value is -0.990. The van der Waals surface area contributed by atoms with Crippen molar-refractivity contribution in [3.8, 4) is 0 Å². The van der Waals surface area contributed by atoms with Gasteiger partial charge in [-0.2, -0.15) is 0 Å². The van der Waals surface area contributed by atoms with Gasteiger partial charge in [-0.25, -0.2) is 0 Å². The maximum absolute atomic E-state index is 6.11. The second-order valence-corrected chi connectivity index (χ2v) is 3.55. The number of nitrogens with zero attached hydrogens (tertiary/aromatic N) is 1. The van der Waals surface area contributed by atoms with Crippen LogP contribution in [0.5, 0.6) is 0 Å². The van der Waals surface area contributed by atoms with E-state index in [0.717, 1.165) is 21.5 Å². The van der Waals surface area contributed by atoms with Crippen LogP contribution in [0.1, 0.15) is 5.56 Å². The molecule has 1 heterocycles. The van der Waals surface area contributed by atoms with Crippen LogP contribution in [-0.4, -0.2) is 4.57 Å². The highest BCUT2D eigenvalue weighted by molar-refractivity contribution is 6.35. The van der Waals surface area contributed by atoms with E-state index in [1.54, 1.807) is 0 Å². The van der Waals surface area contributed by atoms with E-state index in [1.165, 1.54) is 0 Å². The van der Waals surface area contributed by atoms with Crippen LogP contribution >= 0.6 is 11.6 Å². The lowest BCUT2D eigenvalue weighted by molar-refractivity contribution is 0.968. The Balaban J connectivity index is 2.79. The van der Waals surface area contributed by atoms with Crippen LogP contribution in [0.15, 0.2) is 24.4 Å². The van der Waals surface area contributed by atoms with E-state index >= 15 is 0 Å². The standard InChI is InChI=1S/C10H11ClN2/c1-13-3-2-8-4-7(6-12)5-9(11)10(8)13/h2-5H,6,12H2,1H3. The van der Waals surface area contributed by atoms with Gasteiger partial charge in [-0.05, 0) is 23.8 Å². The Morgan fingerprint density at radius 3 is 2.92 bits per heavy atom. The van der Waals surface area contributed by atoms with Crippen LogP contribution in [-0.2, 0) is 13.6 Å². The Morgan fingerprint density at radius 2 is 2.23 bits per heavy atom. The number of aromatic nitrogens is 1. The van der Waals surface area contributed by atoms with Crippen LogP contribution in [0.3, 0.4) is 0 Å². The second kappa shape index (κ2) is 3.05. The maximum Gasteiger partial charge on any atom is 0.0667 e. The molecule has 0 aliphatic carbocycles. The third-order valence-corrected chi connectivity index (χ3v) is 2.51. The highest BCUT2D eigenvalue weighted by Crippen LogP contribution is 2.25. The van der Waals surface area contributed by atoms with Crippen molar-refractivity contribution in [2.24, 2.45) is 12.8 Å². The fourth-order valence-corrected chi connectivity index (χ4v) is 1.94. The number of rotatable bonds is 1. The van der Waals surface area contributed by atoms with E-state index in [9.17, 15) is 0 Å². The van der Waals surface area contributed by atoms with E-state index in [-0.39, 0.29) is 0 Å². The van der Waals surface area contributed by atoms with Crippen molar-refractivity contribution in [3.05, 3.63) is 35.0 Å². The molecule has 2 nitrogen and oxygen atoms in total. The number of halogens is 1. The van der Waals surface area contributed by atoms with Crippen molar-refractivity contribution >= 4 is 22.5 Å². The summed E-state index contributed by atoms with van der Waals surface area (Å²) >= 11 is 6.11. The van der Waals surface area contributed by atoms with Gasteiger partial charge in [0.1, 0.15) is 0 Å². The zero-order chi connectivity index (χ0) is 9.42. The number of hydrogen-bond acceptors (Lipinski definition) is 1. The van der Waals surface area contributed by atoms with Crippen LogP contribution in [0, 0.1) is 0 Å². The topological polar surface area (TPSA) is 30.9 Å². The van der Waals surface area contributed by atoms with Gasteiger partial charge in [0.15, 0.2) is 0 Å². The van der Waals surface area contributed by atoms with Crippen molar-refractivity contribution < 1.29 is 0 Å². The Morgan fingerprint density at radius 1 is 1.46 bits per heavy atom. The van der Waals surface area contributed by atoms with Gasteiger partial charge in [0.25, 0.3) is 0 Å². The number of fused-ring (bicyclic) bond motifs is 1. The maximum atomic E-state index is 6.11. The molecule has 68 valence electrons. The largest absolute Gasteiger partial charge is 0.349 e. The summed E-state index contributed by atoms with van der Waals surface area (Å²) in [5.41, 5.74) is 7.69. The first-order valence-corrected chi connectivity index (χ1v) is 4.53. The average molecular weight is 195 g/mol. The fourth-order valence-electron chi connectivity index (χ4n) is 1.56. The van der Waals surface area contributed by atoms with E-state index in [4.69, 9.17) is 17.3 Å². The summed E-state index contributed by atoms with van der Waals surface area (Å²) in [5, 5.41) is 1.92. The molecule has 0 amide bonds. The third kappa shape index (κ3) is 1.32. The van der Waals surface area contributed by atoms with Crippen LogP contribution in [0.25, 0.3) is 10.9 Å². The van der Waals surface area contributed by atoms with Crippen LogP contribution in [0.4, 0.5) is 0 Å². The summed E-state index contributed by atoms with van der Waals surface area (Å²) < 4.78 is 2.01. The Kier molecular flexibility index (Phi) is 2.02. The van der Waals surface area contributed by atoms with Gasteiger partial charge >= 0.3 is 0 Å². The van der Waals surface area contributed by atoms with Gasteiger partial charge < -0.3 is 10.3 Å². The minimum Gasteiger partial charge on any atom is -0.349 e. The molecule has 0 saturated carbocycles. The monoisotopic (exact) mass is 194 g/mol. The zero-order valence-electron chi connectivity index (χ0n) is 7.42. The first kappa shape index (κ1) is 8.60. The molecular formula is C10H11ClN2. The Labute approximate surface area is 81.9 Å². The first-order valence-electron chi connectivity index (χ1n) is 4.16. The Bertz CT molecular complexity index is 445. The first-order chi connectivity index (χ1) is 6.22. The van der Waals surface area contributed by atoms with E-state index in [1.807, 2.05) is 29.9 Å². The lowest BCUT2D eigenvalue weighted by Gasteiger charge is -2.02. The minimum atomic E-state index is 0.532. The second-order valence-electron chi connectivity index (χ2n) is 3.15. The molecule has 0 bridgehead atoms. The predicted molar refractivity (Wildman–Crippen MR) is 55.8 cm³/mol. The summed E-state index contributed by atoms with van der Waals surface area (Å²) in [6, 6.07) is 6.03. The highest BCUT2D eigenvalue weighted by Gasteiger charge is 2.04. The summed E-state index contributed by atoms with van der Waals surface area (Å²) in [4.78, 5) is 0. The number of aryl methyl sites for hydroxylation is 1. The molecule has 2 rings (SSSR count). The minimum absolute atomic E-state index is 0.532. The molecule has 0 unspecified atom stereocenters. The van der Waals surface area contributed by atoms with Gasteiger partial charge in [0.05, 0.1) is 10.5 Å². The van der Waals surface area contributed by atoms with Crippen molar-refractivity contribution in [2.45, 2.75) is 6.54 Å². The summed E-state index contributed by atoms with van der Waals surface area (Å²) in [6.45, 7) is 0.532. The van der Waals surface area contributed by atoms with Crippen molar-refractivity contribution in [3.63, 3.8) is 0 Å². The fraction of sp³-hybridized carbons (Fsp3) is 0.200. The molecule has 0 spiro atoms. The summed E-state index contributed by atoms with van der Waals surface area (Å²) in [6.07, 6.45) is 2.00. The van der Waals surface area contributed by atoms with Gasteiger partial charge in [-0.3, -0.25) is 0 Å². The molecule has 0 aliphatic rings. The molecule has 0 fully saturated rings.